The van der Waals surface area contributed by atoms with Crippen molar-refractivity contribution in [1.82, 2.24) is 0 Å². The van der Waals surface area contributed by atoms with Crippen molar-refractivity contribution < 1.29 is 190 Å². The second kappa shape index (κ2) is 43.7. The van der Waals surface area contributed by atoms with Crippen LogP contribution in [0.5, 0.6) is 0 Å². The minimum Gasteiger partial charge on any atom is -0.462 e. The second-order valence-corrected chi connectivity index (χ2v) is 29.0. The van der Waals surface area contributed by atoms with Crippen molar-refractivity contribution in [1.29, 1.82) is 0 Å². The van der Waals surface area contributed by atoms with E-state index >= 15 is 0 Å². The molecule has 0 amide bonds. The van der Waals surface area contributed by atoms with Gasteiger partial charge in [0.1, 0.15) is 48.8 Å². The number of aliphatic hydroxyl groups is 4. The molecule has 4 fully saturated rings. The first-order valence-corrected chi connectivity index (χ1v) is 37.6. The van der Waals surface area contributed by atoms with Crippen LogP contribution in [0.15, 0.2) is 94.9 Å². The molecule has 116 heavy (non-hydrogen) atoms. The molecule has 4 heterocycles. The van der Waals surface area contributed by atoms with E-state index in [1.54, 1.807) is 0 Å². The summed E-state index contributed by atoms with van der Waals surface area (Å²) in [7, 11) is 0. The van der Waals surface area contributed by atoms with Crippen molar-refractivity contribution in [3.8, 4) is 0 Å². The molecule has 7 unspecified atom stereocenters. The van der Waals surface area contributed by atoms with Gasteiger partial charge in [0.05, 0.1) is 89.9 Å². The van der Waals surface area contributed by atoms with E-state index in [9.17, 15) is 58.8 Å². The van der Waals surface area contributed by atoms with Gasteiger partial charge in [0.2, 0.25) is 0 Å². The summed E-state index contributed by atoms with van der Waals surface area (Å²) < 4.78 is 602. The molecule has 0 bridgehead atoms. The Kier molecular flexibility index (Phi) is 14.1. The Hall–Kier alpha value is -6.48. The van der Waals surface area contributed by atoms with Gasteiger partial charge >= 0.3 is 47.8 Å². The highest BCUT2D eigenvalue weighted by atomic mass is 16.6. The lowest BCUT2D eigenvalue weighted by Gasteiger charge is -2.43. The number of fused-ring (bicyclic) bond motifs is 4. The van der Waals surface area contributed by atoms with Crippen LogP contribution in [-0.4, -0.2) is 141 Å². The summed E-state index contributed by atoms with van der Waals surface area (Å²) in [4.78, 5) is 103. The van der Waals surface area contributed by atoms with E-state index in [2.05, 4.69) is 0 Å². The van der Waals surface area contributed by atoms with Crippen LogP contribution in [0.1, 0.15) is 357 Å². The predicted octanol–water partition coefficient (Wildman–Crippen LogP) is 16.8. The maximum Gasteiger partial charge on any atom is 0.308 e. The number of ether oxygens (including phenoxy) is 8. The van der Waals surface area contributed by atoms with E-state index in [4.69, 9.17) is 131 Å². The molecular weight excluding hydrogens is 1470 g/mol. The van der Waals surface area contributed by atoms with Crippen LogP contribution < -0.4 is 0 Å². The van der Waals surface area contributed by atoms with Crippen molar-refractivity contribution in [2.24, 2.45) is 118 Å². The average molecular weight is 1690 g/mol. The Balaban J connectivity index is 0.000000268. The summed E-state index contributed by atoms with van der Waals surface area (Å²) in [6.07, 6.45) is -59.6. The highest BCUT2D eigenvalue weighted by Gasteiger charge is 2.48. The zero-order valence-corrected chi connectivity index (χ0v) is 64.8. The number of aliphatic hydroxyl groups excluding tert-OH is 4. The molecule has 12 rings (SSSR count). The predicted molar refractivity (Wildman–Crippen MR) is 443 cm³/mol. The van der Waals surface area contributed by atoms with Crippen LogP contribution in [0.3, 0.4) is 0 Å². The zero-order chi connectivity index (χ0) is 144. The number of rotatable bonds is 24. The molecule has 0 radical (unpaired) electrons. The van der Waals surface area contributed by atoms with E-state index in [1.807, 2.05) is 0 Å². The van der Waals surface area contributed by atoms with Crippen LogP contribution >= 0.6 is 0 Å². The first-order chi connectivity index (χ1) is 81.6. The summed E-state index contributed by atoms with van der Waals surface area (Å²) in [6, 6.07) is -11.7. The van der Waals surface area contributed by atoms with E-state index in [0.29, 0.717) is 6.92 Å². The van der Waals surface area contributed by atoms with Gasteiger partial charge < -0.3 is 58.3 Å². The second-order valence-electron chi connectivity index (χ2n) is 29.0. The summed E-state index contributed by atoms with van der Waals surface area (Å²) in [5, 5.41) is 40.7. The van der Waals surface area contributed by atoms with Gasteiger partial charge in [0.25, 0.3) is 0 Å². The largest absolute Gasteiger partial charge is 0.462 e. The van der Waals surface area contributed by atoms with E-state index in [-0.39, 0.29) is 64.2 Å². The highest BCUT2D eigenvalue weighted by Crippen LogP contribution is 2.51. The topological polar surface area (TPSA) is 291 Å². The van der Waals surface area contributed by atoms with E-state index in [0.717, 1.165) is 13.8 Å². The SMILES string of the molecule is [2H]C1=C([2H])[C@]([2H])(C)[C@H](CCC2C[C@@H](O)C([2H])([2H])C(=O)O2)[C@@H]2C1=C([2H])[C@]([2H])(C([2H])([2H])[2H])C([2H])([2H])C2OC(=O)[C@@]([2H])(C([2H])([2H])[2H])C([2H])([2H])C([2H])([2H])[2H].[2H]C1=C([2H])[C@]([2H])(C)[C@H](CCC2C[C@@H](O)C([2H])([2H])C(=O)O2)[C@@H]2C1=C([2H])[C@]([2H])(C([2H])([2H])[2H])C([2H])([2H])C2OC(=O)[C@@]([2H])(C)C([2H])([2H])C([2H])([2H])[2H].[2H]C1=C([2H])[C@]([2H])(C)[C@H](CCC2C[C@@H](O)C([2H])([2H])C(=O)O2)[C@@H]2C1=C([2H])[C@]([2H])(C([2H])([2H])[2H])C([2H])([2H])C2OC(=O)[C@]([2H])(CC)C([2H])([2H])[2H].[2H]C1=C([2H])[C@]([2H])(C)[C@H](CCC2C[C@@H](O)C([2H])([2H])C(=O)O2)[C@@H]2C1=C([2H])[C@]([2H])(C([2H])([2H])[2H])C([2H])([2H])[C@@H]2OC(=O)[C@@]([2H])(C)CC. The fraction of sp³-hybridized carbons (Fsp3) is 0.750. The Morgan fingerprint density at radius 2 is 0.681 bits per heavy atom. The number of cyclic esters (lactones) is 4. The number of esters is 8. The monoisotopic (exact) mass is 1690 g/mol. The molecule has 0 aromatic carbocycles. The Labute approximate surface area is 788 Å². The third kappa shape index (κ3) is 25.8. The zero-order valence-electron chi connectivity index (χ0n) is 133. The van der Waals surface area contributed by atoms with Crippen molar-refractivity contribution in [3.63, 3.8) is 0 Å². The Morgan fingerprint density at radius 1 is 0.431 bits per heavy atom. The molecular formula is C96H144O20. The minimum atomic E-state index is -4.36. The molecule has 0 spiro atoms. The van der Waals surface area contributed by atoms with Gasteiger partial charge in [0.15, 0.2) is 0 Å². The number of allylic oxidation sites excluding steroid dienone is 12. The average Bonchev–Trinajstić information content (AvgIpc) is 0.683. The van der Waals surface area contributed by atoms with Gasteiger partial charge in [0, 0.05) is 126 Å². The fourth-order valence-electron chi connectivity index (χ4n) is 14.8. The summed E-state index contributed by atoms with van der Waals surface area (Å²) >= 11 is 0. The highest BCUT2D eigenvalue weighted by molar-refractivity contribution is 5.75. The quantitative estimate of drug-likeness (QED) is 0.0516. The molecule has 0 aromatic heterocycles. The molecule has 4 aliphatic heterocycles. The number of carbonyl (C=O) groups is 8. The Bertz CT molecular complexity index is 6890. The molecule has 0 aromatic rings. The maximum atomic E-state index is 13.8. The van der Waals surface area contributed by atoms with Gasteiger partial charge in [-0.05, 0) is 196 Å². The van der Waals surface area contributed by atoms with Crippen molar-refractivity contribution in [2.75, 3.05) is 0 Å². The van der Waals surface area contributed by atoms with Crippen LogP contribution in [0.25, 0.3) is 0 Å². The molecule has 4 N–H and O–H groups in total. The number of hydrogen-bond acceptors (Lipinski definition) is 20. The molecule has 0 saturated carbocycles. The summed E-state index contributed by atoms with van der Waals surface area (Å²) in [6.45, 7) is -20.7. The summed E-state index contributed by atoms with van der Waals surface area (Å²) in [5.74, 6) is -61.7. The molecule has 4 saturated heterocycles. The summed E-state index contributed by atoms with van der Waals surface area (Å²) in [5.41, 5.74) is -2.84. The Morgan fingerprint density at radius 3 is 0.922 bits per heavy atom. The van der Waals surface area contributed by atoms with Gasteiger partial charge in [-0.1, -0.05) is 183 Å². The molecule has 648 valence electrons. The van der Waals surface area contributed by atoms with Gasteiger partial charge in [-0.3, -0.25) is 38.4 Å². The molecule has 20 nitrogen and oxygen atoms in total. The van der Waals surface area contributed by atoms with Crippen LogP contribution in [0.4, 0.5) is 0 Å². The fourth-order valence-corrected chi connectivity index (χ4v) is 14.8. The van der Waals surface area contributed by atoms with E-state index in [1.165, 1.54) is 34.6 Å². The van der Waals surface area contributed by atoms with E-state index < -0.39 is 478 Å². The van der Waals surface area contributed by atoms with Crippen LogP contribution in [0.2, 0.25) is 0 Å². The minimum absolute atomic E-state index is 0.0766. The van der Waals surface area contributed by atoms with Crippen molar-refractivity contribution >= 4 is 47.8 Å². The van der Waals surface area contributed by atoms with Gasteiger partial charge in [-0.25, -0.2) is 0 Å². The molecule has 32 atom stereocenters. The van der Waals surface area contributed by atoms with Gasteiger partial charge in [-0.15, -0.1) is 0 Å². The van der Waals surface area contributed by atoms with Crippen molar-refractivity contribution in [3.05, 3.63) is 94.9 Å². The maximum absolute atomic E-state index is 13.8. The standard InChI is InChI=1S/4C24H36O5/c4*1-5-15(3)24(27)29-21-11-14(2)10-17-7-6-16(4)20(23(17)21)9-8-19-12-18(25)13-22(26)28-19/h4*6-7,10,14-16,18-21,23,25H,5,8-9,11-13H2,1-4H3/t3*14-,15-,16-,18+,19?,20-,21?,23-;14-,15-,16-,18+,19?,20-,21-,23-/m0000/s1/i1D3,2D3,3D3,5D2,6D,7D,10D,11D2,13D2,14D,15D,16D;1D3,2D3,5D2,6D,7D,10D,11D2,13D2,14D,15D,16D;2D3,3D3,6D,7D,10D,11D2,13D2,14D,15D,16D;2D3,6D,7D,10D,11D2,13D2,14D,15D,16D. The van der Waals surface area contributed by atoms with Crippen LogP contribution in [-0.2, 0) is 76.3 Å². The van der Waals surface area contributed by atoms with Gasteiger partial charge in [-0.2, -0.15) is 0 Å². The lowest BCUT2D eigenvalue weighted by Crippen LogP contribution is -2.42. The molecule has 20 heteroatoms. The third-order valence-corrected chi connectivity index (χ3v) is 21.0. The third-order valence-electron chi connectivity index (χ3n) is 21.0. The smallest absolute Gasteiger partial charge is 0.308 e. The number of carbonyl (C=O) groups excluding carboxylic acids is 8. The normalized spacial score (nSPS) is 58.2. The molecule has 12 aliphatic rings. The first kappa shape index (κ1) is 37.5. The lowest BCUT2D eigenvalue weighted by atomic mass is 9.65. The first-order valence-electron chi connectivity index (χ1n) is 71.6. The molecule has 8 aliphatic carbocycles. The lowest BCUT2D eigenvalue weighted by molar-refractivity contribution is -0.162. The van der Waals surface area contributed by atoms with Crippen LogP contribution in [0, 0.1) is 118 Å². The van der Waals surface area contributed by atoms with Crippen molar-refractivity contribution in [2.45, 2.75) is 337 Å². The number of hydrogen-bond donors (Lipinski definition) is 4.